The van der Waals surface area contributed by atoms with Gasteiger partial charge in [-0.25, -0.2) is 4.39 Å². The van der Waals surface area contributed by atoms with Gasteiger partial charge in [0.15, 0.2) is 0 Å². The summed E-state index contributed by atoms with van der Waals surface area (Å²) < 4.78 is 19.3. The standard InChI is InChI=1S/C11H13BrFNO/c1-15-10-6-7(13)5-8(11(10)12)9-3-2-4-14-9/h5-6,9,14H,2-4H2,1H3. The number of nitrogens with one attached hydrogen (secondary N) is 1. The molecule has 1 aliphatic heterocycles. The van der Waals surface area contributed by atoms with E-state index < -0.39 is 0 Å². The Balaban J connectivity index is 2.40. The van der Waals surface area contributed by atoms with Crippen molar-refractivity contribution in [1.29, 1.82) is 0 Å². The molecule has 1 aromatic rings. The van der Waals surface area contributed by atoms with Gasteiger partial charge in [-0.15, -0.1) is 0 Å². The van der Waals surface area contributed by atoms with E-state index in [0.717, 1.165) is 29.4 Å². The van der Waals surface area contributed by atoms with Crippen LogP contribution in [-0.4, -0.2) is 13.7 Å². The van der Waals surface area contributed by atoms with E-state index in [1.54, 1.807) is 13.2 Å². The van der Waals surface area contributed by atoms with Gasteiger partial charge in [0.1, 0.15) is 11.6 Å². The van der Waals surface area contributed by atoms with Gasteiger partial charge in [-0.1, -0.05) is 0 Å². The van der Waals surface area contributed by atoms with E-state index in [2.05, 4.69) is 21.2 Å². The zero-order valence-electron chi connectivity index (χ0n) is 8.52. The zero-order valence-corrected chi connectivity index (χ0v) is 10.1. The first-order chi connectivity index (χ1) is 7.22. The average molecular weight is 274 g/mol. The Hall–Kier alpha value is -0.610. The fourth-order valence-corrected chi connectivity index (χ4v) is 2.60. The summed E-state index contributed by atoms with van der Waals surface area (Å²) >= 11 is 3.45. The van der Waals surface area contributed by atoms with Crippen molar-refractivity contribution in [2.24, 2.45) is 0 Å². The molecule has 2 nitrogen and oxygen atoms in total. The summed E-state index contributed by atoms with van der Waals surface area (Å²) in [6.07, 6.45) is 2.18. The van der Waals surface area contributed by atoms with Crippen LogP contribution in [0.5, 0.6) is 5.75 Å². The van der Waals surface area contributed by atoms with Crippen LogP contribution in [-0.2, 0) is 0 Å². The van der Waals surface area contributed by atoms with Crippen molar-refractivity contribution in [1.82, 2.24) is 5.32 Å². The van der Waals surface area contributed by atoms with Crippen LogP contribution in [0.1, 0.15) is 24.4 Å². The smallest absolute Gasteiger partial charge is 0.136 e. The topological polar surface area (TPSA) is 21.3 Å². The fourth-order valence-electron chi connectivity index (χ4n) is 1.94. The summed E-state index contributed by atoms with van der Waals surface area (Å²) in [6.45, 7) is 0.996. The highest BCUT2D eigenvalue weighted by Gasteiger charge is 2.21. The third kappa shape index (κ3) is 2.16. The zero-order chi connectivity index (χ0) is 10.8. The van der Waals surface area contributed by atoms with Crippen molar-refractivity contribution in [3.63, 3.8) is 0 Å². The minimum atomic E-state index is -0.251. The molecule has 1 fully saturated rings. The SMILES string of the molecule is COc1cc(F)cc(C2CCCN2)c1Br. The molecular weight excluding hydrogens is 261 g/mol. The summed E-state index contributed by atoms with van der Waals surface area (Å²) in [5, 5.41) is 3.34. The van der Waals surface area contributed by atoms with Gasteiger partial charge >= 0.3 is 0 Å². The maximum Gasteiger partial charge on any atom is 0.136 e. The van der Waals surface area contributed by atoms with E-state index in [9.17, 15) is 4.39 Å². The van der Waals surface area contributed by atoms with Crippen molar-refractivity contribution < 1.29 is 9.13 Å². The second kappa shape index (κ2) is 4.49. The van der Waals surface area contributed by atoms with E-state index in [4.69, 9.17) is 4.74 Å². The molecule has 0 bridgehead atoms. The molecule has 0 saturated carbocycles. The van der Waals surface area contributed by atoms with Gasteiger partial charge in [-0.2, -0.15) is 0 Å². The van der Waals surface area contributed by atoms with Gasteiger partial charge in [-0.3, -0.25) is 0 Å². The van der Waals surface area contributed by atoms with Crippen LogP contribution in [0.15, 0.2) is 16.6 Å². The molecular formula is C11H13BrFNO. The first kappa shape index (κ1) is 10.9. The maximum atomic E-state index is 13.3. The van der Waals surface area contributed by atoms with Gasteiger partial charge < -0.3 is 10.1 Å². The van der Waals surface area contributed by atoms with Crippen LogP contribution in [0, 0.1) is 5.82 Å². The molecule has 1 N–H and O–H groups in total. The number of halogens is 2. The van der Waals surface area contributed by atoms with Crippen LogP contribution >= 0.6 is 15.9 Å². The van der Waals surface area contributed by atoms with Gasteiger partial charge in [0.25, 0.3) is 0 Å². The Morgan fingerprint density at radius 1 is 1.53 bits per heavy atom. The molecule has 0 spiro atoms. The first-order valence-electron chi connectivity index (χ1n) is 4.98. The molecule has 1 atom stereocenters. The summed E-state index contributed by atoms with van der Waals surface area (Å²) in [6, 6.07) is 3.20. The lowest BCUT2D eigenvalue weighted by atomic mass is 10.0. The number of benzene rings is 1. The fraction of sp³-hybridized carbons (Fsp3) is 0.455. The van der Waals surface area contributed by atoms with Crippen molar-refractivity contribution in [2.75, 3.05) is 13.7 Å². The molecule has 1 aromatic carbocycles. The monoisotopic (exact) mass is 273 g/mol. The van der Waals surface area contributed by atoms with Crippen molar-refractivity contribution in [3.05, 3.63) is 28.0 Å². The Bertz CT molecular complexity index is 364. The second-order valence-electron chi connectivity index (χ2n) is 3.66. The molecule has 1 saturated heterocycles. The van der Waals surface area contributed by atoms with Gasteiger partial charge in [0.2, 0.25) is 0 Å². The summed E-state index contributed by atoms with van der Waals surface area (Å²) in [7, 11) is 1.55. The predicted molar refractivity (Wildman–Crippen MR) is 60.6 cm³/mol. The third-order valence-electron chi connectivity index (χ3n) is 2.69. The highest BCUT2D eigenvalue weighted by atomic mass is 79.9. The number of methoxy groups -OCH3 is 1. The molecule has 4 heteroatoms. The van der Waals surface area contributed by atoms with E-state index in [1.807, 2.05) is 0 Å². The lowest BCUT2D eigenvalue weighted by Gasteiger charge is -2.15. The van der Waals surface area contributed by atoms with Crippen LogP contribution in [0.3, 0.4) is 0 Å². The van der Waals surface area contributed by atoms with E-state index in [0.29, 0.717) is 5.75 Å². The summed E-state index contributed by atoms with van der Waals surface area (Å²) in [4.78, 5) is 0. The highest BCUT2D eigenvalue weighted by molar-refractivity contribution is 9.10. The van der Waals surface area contributed by atoms with Crippen molar-refractivity contribution in [2.45, 2.75) is 18.9 Å². The molecule has 0 amide bonds. The Kier molecular flexibility index (Phi) is 3.26. The van der Waals surface area contributed by atoms with Crippen molar-refractivity contribution in [3.8, 4) is 5.75 Å². The minimum absolute atomic E-state index is 0.240. The van der Waals surface area contributed by atoms with E-state index in [1.165, 1.54) is 6.07 Å². The molecule has 1 heterocycles. The Morgan fingerprint density at radius 2 is 2.33 bits per heavy atom. The van der Waals surface area contributed by atoms with Gasteiger partial charge in [-0.05, 0) is 46.9 Å². The second-order valence-corrected chi connectivity index (χ2v) is 4.45. The Morgan fingerprint density at radius 3 is 2.93 bits per heavy atom. The lowest BCUT2D eigenvalue weighted by molar-refractivity contribution is 0.406. The number of hydrogen-bond donors (Lipinski definition) is 1. The Labute approximate surface area is 96.9 Å². The maximum absolute atomic E-state index is 13.3. The molecule has 15 heavy (non-hydrogen) atoms. The molecule has 0 radical (unpaired) electrons. The van der Waals surface area contributed by atoms with Crippen molar-refractivity contribution >= 4 is 15.9 Å². The molecule has 0 aliphatic carbocycles. The molecule has 0 aromatic heterocycles. The largest absolute Gasteiger partial charge is 0.495 e. The third-order valence-corrected chi connectivity index (χ3v) is 3.54. The normalized spacial score (nSPS) is 20.6. The van der Waals surface area contributed by atoms with Gasteiger partial charge in [0, 0.05) is 12.1 Å². The van der Waals surface area contributed by atoms with Crippen LogP contribution in [0.2, 0.25) is 0 Å². The quantitative estimate of drug-likeness (QED) is 0.895. The molecule has 1 unspecified atom stereocenters. The van der Waals surface area contributed by atoms with Crippen LogP contribution in [0.25, 0.3) is 0 Å². The molecule has 2 rings (SSSR count). The predicted octanol–water partition coefficient (Wildman–Crippen LogP) is 3.02. The highest BCUT2D eigenvalue weighted by Crippen LogP contribution is 2.36. The summed E-state index contributed by atoms with van der Waals surface area (Å²) in [5.41, 5.74) is 0.948. The lowest BCUT2D eigenvalue weighted by Crippen LogP contribution is -2.13. The van der Waals surface area contributed by atoms with Gasteiger partial charge in [0.05, 0.1) is 11.6 Å². The number of hydrogen-bond acceptors (Lipinski definition) is 2. The van der Waals surface area contributed by atoms with E-state index >= 15 is 0 Å². The number of rotatable bonds is 2. The number of ether oxygens (including phenoxy) is 1. The average Bonchev–Trinajstić information content (AvgIpc) is 2.74. The van der Waals surface area contributed by atoms with E-state index in [-0.39, 0.29) is 11.9 Å². The molecule has 1 aliphatic rings. The summed E-state index contributed by atoms with van der Waals surface area (Å²) in [5.74, 6) is 0.303. The first-order valence-corrected chi connectivity index (χ1v) is 5.78. The van der Waals surface area contributed by atoms with Crippen LogP contribution in [0.4, 0.5) is 4.39 Å². The van der Waals surface area contributed by atoms with Crippen LogP contribution < -0.4 is 10.1 Å². The molecule has 82 valence electrons. The minimum Gasteiger partial charge on any atom is -0.495 e.